The van der Waals surface area contributed by atoms with Crippen LogP contribution < -0.4 is 15.0 Å². The number of H-pyrrole nitrogens is 1. The number of aromatic amines is 1. The highest BCUT2D eigenvalue weighted by molar-refractivity contribution is 6.03. The van der Waals surface area contributed by atoms with Crippen molar-refractivity contribution in [2.75, 3.05) is 50.7 Å². The molecule has 5 rings (SSSR count). The van der Waals surface area contributed by atoms with Gasteiger partial charge in [-0.05, 0) is 63.3 Å². The first-order valence-electron chi connectivity index (χ1n) is 16.7. The number of imidazole rings is 1. The Bertz CT molecular complexity index is 1790. The van der Waals surface area contributed by atoms with Crippen molar-refractivity contribution < 1.29 is 37.0 Å². The predicted octanol–water partition coefficient (Wildman–Crippen LogP) is 6.61. The fourth-order valence-corrected chi connectivity index (χ4v) is 6.42. The van der Waals surface area contributed by atoms with Gasteiger partial charge < -0.3 is 24.1 Å². The van der Waals surface area contributed by atoms with Gasteiger partial charge in [0.15, 0.2) is 5.65 Å². The van der Waals surface area contributed by atoms with Gasteiger partial charge in [-0.3, -0.25) is 19.9 Å². The summed E-state index contributed by atoms with van der Waals surface area (Å²) >= 11 is 0. The predicted molar refractivity (Wildman–Crippen MR) is 181 cm³/mol. The normalized spacial score (nSPS) is 14.1. The number of ether oxygens (including phenoxy) is 3. The number of aryl methyl sites for hydroxylation is 1. The number of fused-ring (bicyclic) bond motifs is 1. The zero-order valence-corrected chi connectivity index (χ0v) is 28.7. The average Bonchev–Trinajstić information content (AvgIpc) is 3.71. The van der Waals surface area contributed by atoms with Crippen molar-refractivity contribution in [2.24, 2.45) is 5.41 Å². The van der Waals surface area contributed by atoms with Gasteiger partial charge in [-0.2, -0.15) is 18.2 Å². The molecule has 0 aromatic carbocycles. The Morgan fingerprint density at radius 3 is 2.50 bits per heavy atom. The number of hydrogen-bond acceptors (Lipinski definition) is 10. The Hall–Kier alpha value is -4.79. The first-order chi connectivity index (χ1) is 23.9. The van der Waals surface area contributed by atoms with Crippen LogP contribution in [0.2, 0.25) is 0 Å². The van der Waals surface area contributed by atoms with Crippen LogP contribution in [0.25, 0.3) is 22.4 Å². The maximum Gasteiger partial charge on any atom is 0.433 e. The highest BCUT2D eigenvalue weighted by atomic mass is 19.4. The van der Waals surface area contributed by atoms with Crippen LogP contribution in [0.3, 0.4) is 0 Å². The second kappa shape index (κ2) is 15.8. The van der Waals surface area contributed by atoms with Gasteiger partial charge in [0.2, 0.25) is 11.8 Å². The molecule has 0 unspecified atom stereocenters. The van der Waals surface area contributed by atoms with Gasteiger partial charge in [0.05, 0.1) is 31.2 Å². The van der Waals surface area contributed by atoms with E-state index < -0.39 is 17.8 Å². The maximum absolute atomic E-state index is 13.9. The quantitative estimate of drug-likeness (QED) is 0.130. The standard InChI is InChI=1S/C35H42F3N7O5/c1-5-49-28-17-23(16-27(41-28)35(36,37)38)25-18-26(45(3)20-34(21-48-4)14-7-8-15-34)30-31(40-25)43-33(42-30)44-32(47)24-13-12-22(19-39-24)10-9-11-29(46)50-6-2/h12-13,16-19H,5-11,14-15,20-21H2,1-4H3,(H2,40,42,43,44,47). The monoisotopic (exact) mass is 697 g/mol. The molecule has 1 saturated carbocycles. The average molecular weight is 698 g/mol. The van der Waals surface area contributed by atoms with Crippen LogP contribution in [0.1, 0.15) is 74.1 Å². The van der Waals surface area contributed by atoms with E-state index in [2.05, 4.69) is 30.2 Å². The van der Waals surface area contributed by atoms with Crippen molar-refractivity contribution in [3.63, 3.8) is 0 Å². The number of amides is 1. The topological polar surface area (TPSA) is 144 Å². The number of rotatable bonds is 15. The van der Waals surface area contributed by atoms with Crippen LogP contribution in [-0.2, 0) is 26.9 Å². The Kier molecular flexibility index (Phi) is 11.6. The molecule has 1 fully saturated rings. The number of aromatic nitrogens is 5. The van der Waals surface area contributed by atoms with Gasteiger partial charge in [0.1, 0.15) is 16.9 Å². The number of hydrogen-bond donors (Lipinski definition) is 2. The summed E-state index contributed by atoms with van der Waals surface area (Å²) in [5.74, 6) is -0.856. The third-order valence-electron chi connectivity index (χ3n) is 8.66. The Morgan fingerprint density at radius 2 is 1.84 bits per heavy atom. The molecule has 50 heavy (non-hydrogen) atoms. The van der Waals surface area contributed by atoms with E-state index in [4.69, 9.17) is 14.2 Å². The van der Waals surface area contributed by atoms with Gasteiger partial charge in [-0.15, -0.1) is 0 Å². The molecule has 1 aliphatic carbocycles. The summed E-state index contributed by atoms with van der Waals surface area (Å²) in [4.78, 5) is 47.0. The molecule has 12 nitrogen and oxygen atoms in total. The van der Waals surface area contributed by atoms with Crippen LogP contribution in [0.15, 0.2) is 36.5 Å². The molecule has 15 heteroatoms. The minimum atomic E-state index is -4.71. The fourth-order valence-electron chi connectivity index (χ4n) is 6.42. The lowest BCUT2D eigenvalue weighted by Crippen LogP contribution is -2.37. The second-order valence-corrected chi connectivity index (χ2v) is 12.5. The molecule has 268 valence electrons. The van der Waals surface area contributed by atoms with Crippen molar-refractivity contribution in [1.82, 2.24) is 24.9 Å². The number of halogens is 3. The van der Waals surface area contributed by atoms with E-state index in [9.17, 15) is 22.8 Å². The van der Waals surface area contributed by atoms with E-state index in [-0.39, 0.29) is 52.4 Å². The summed E-state index contributed by atoms with van der Waals surface area (Å²) in [6, 6.07) is 7.41. The molecule has 2 N–H and O–H groups in total. The first-order valence-corrected chi connectivity index (χ1v) is 16.7. The Morgan fingerprint density at radius 1 is 1.06 bits per heavy atom. The molecule has 0 atom stereocenters. The largest absolute Gasteiger partial charge is 0.478 e. The minimum absolute atomic E-state index is 0.0952. The van der Waals surface area contributed by atoms with Gasteiger partial charge in [0, 0.05) is 50.4 Å². The van der Waals surface area contributed by atoms with Crippen molar-refractivity contribution in [2.45, 2.75) is 65.0 Å². The molecule has 1 aliphatic rings. The fraction of sp³-hybridized carbons (Fsp3) is 0.486. The van der Waals surface area contributed by atoms with Crippen LogP contribution >= 0.6 is 0 Å². The summed E-state index contributed by atoms with van der Waals surface area (Å²) in [6.07, 6.45) is 2.46. The zero-order chi connectivity index (χ0) is 35.9. The summed E-state index contributed by atoms with van der Waals surface area (Å²) in [6.45, 7) is 5.07. The van der Waals surface area contributed by atoms with E-state index >= 15 is 0 Å². The third kappa shape index (κ3) is 8.86. The summed E-state index contributed by atoms with van der Waals surface area (Å²) < 4.78 is 57.5. The number of alkyl halides is 3. The lowest BCUT2D eigenvalue weighted by atomic mass is 9.86. The van der Waals surface area contributed by atoms with E-state index in [1.165, 1.54) is 6.07 Å². The van der Waals surface area contributed by atoms with Gasteiger partial charge in [0.25, 0.3) is 5.91 Å². The molecule has 0 bridgehead atoms. The summed E-state index contributed by atoms with van der Waals surface area (Å²) in [7, 11) is 3.59. The maximum atomic E-state index is 13.9. The van der Waals surface area contributed by atoms with Gasteiger partial charge in [-0.25, -0.2) is 9.97 Å². The van der Waals surface area contributed by atoms with Gasteiger partial charge in [-0.1, -0.05) is 18.9 Å². The molecule has 4 aromatic heterocycles. The molecule has 0 spiro atoms. The number of esters is 1. The molecule has 0 saturated heterocycles. The van der Waals surface area contributed by atoms with Crippen LogP contribution in [-0.4, -0.2) is 77.3 Å². The highest BCUT2D eigenvalue weighted by Crippen LogP contribution is 2.41. The highest BCUT2D eigenvalue weighted by Gasteiger charge is 2.36. The number of methoxy groups -OCH3 is 1. The number of nitrogens with zero attached hydrogens (tertiary/aromatic N) is 5. The third-order valence-corrected chi connectivity index (χ3v) is 8.66. The van der Waals surface area contributed by atoms with Crippen LogP contribution in [0.5, 0.6) is 5.88 Å². The van der Waals surface area contributed by atoms with E-state index in [0.717, 1.165) is 37.3 Å². The number of nitrogens with one attached hydrogen (secondary N) is 2. The summed E-state index contributed by atoms with van der Waals surface area (Å²) in [5.41, 5.74) is 1.51. The molecule has 0 radical (unpaired) electrons. The second-order valence-electron chi connectivity index (χ2n) is 12.5. The number of carbonyl (C=O) groups is 2. The zero-order valence-electron chi connectivity index (χ0n) is 28.7. The van der Waals surface area contributed by atoms with E-state index in [1.807, 2.05) is 11.9 Å². The minimum Gasteiger partial charge on any atom is -0.478 e. The number of pyridine rings is 3. The van der Waals surface area contributed by atoms with Crippen LogP contribution in [0.4, 0.5) is 24.8 Å². The molecule has 1 amide bonds. The molecular weight excluding hydrogens is 655 g/mol. The Labute approximate surface area is 288 Å². The van der Waals surface area contributed by atoms with E-state index in [1.54, 1.807) is 45.4 Å². The van der Waals surface area contributed by atoms with Crippen molar-refractivity contribution in [3.8, 4) is 17.1 Å². The summed E-state index contributed by atoms with van der Waals surface area (Å²) in [5, 5.41) is 2.73. The van der Waals surface area contributed by atoms with E-state index in [0.29, 0.717) is 50.2 Å². The molecule has 4 heterocycles. The van der Waals surface area contributed by atoms with Crippen molar-refractivity contribution in [1.29, 1.82) is 0 Å². The first kappa shape index (κ1) is 36.5. The molecule has 0 aliphatic heterocycles. The van der Waals surface area contributed by atoms with Gasteiger partial charge >= 0.3 is 12.1 Å². The number of anilines is 2. The van der Waals surface area contributed by atoms with Crippen molar-refractivity contribution in [3.05, 3.63) is 53.5 Å². The lowest BCUT2D eigenvalue weighted by Gasteiger charge is -2.34. The number of carbonyl (C=O) groups excluding carboxylic acids is 2. The SMILES string of the molecule is CCOC(=O)CCCc1ccc(C(=O)Nc2nc3nc(-c4cc(OCC)nc(C(F)(F)F)c4)cc(N(C)CC4(COC)CCCC4)c3[nH]2)nc1. The molecule has 4 aromatic rings. The van der Waals surface area contributed by atoms with Crippen LogP contribution in [0, 0.1) is 5.41 Å². The van der Waals surface area contributed by atoms with Crippen molar-refractivity contribution >= 4 is 34.7 Å². The smallest absolute Gasteiger partial charge is 0.433 e. The Balaban J connectivity index is 1.46. The lowest BCUT2D eigenvalue weighted by molar-refractivity contribution is -0.143. The molecular formula is C35H42F3N7O5.